The van der Waals surface area contributed by atoms with Gasteiger partial charge >= 0.3 is 0 Å². The molecule has 0 amide bonds. The van der Waals surface area contributed by atoms with E-state index in [0.717, 1.165) is 55.5 Å². The fourth-order valence-electron chi connectivity index (χ4n) is 2.52. The van der Waals surface area contributed by atoms with Crippen LogP contribution < -0.4 is 20.1 Å². The van der Waals surface area contributed by atoms with Crippen LogP contribution in [0.3, 0.4) is 0 Å². The van der Waals surface area contributed by atoms with Gasteiger partial charge in [-0.1, -0.05) is 6.07 Å². The summed E-state index contributed by atoms with van der Waals surface area (Å²) in [5.41, 5.74) is 1.09. The van der Waals surface area contributed by atoms with E-state index in [2.05, 4.69) is 32.7 Å². The van der Waals surface area contributed by atoms with E-state index in [1.807, 2.05) is 22.8 Å². The minimum absolute atomic E-state index is 0. The average Bonchev–Trinajstić information content (AvgIpc) is 3.30. The molecule has 1 aromatic heterocycles. The maximum atomic E-state index is 5.40. The van der Waals surface area contributed by atoms with Crippen LogP contribution in [0.1, 0.15) is 25.3 Å². The van der Waals surface area contributed by atoms with Gasteiger partial charge in [0.2, 0.25) is 6.79 Å². The first-order valence-corrected chi connectivity index (χ1v) is 8.58. The molecule has 2 aromatic rings. The lowest BCUT2D eigenvalue weighted by molar-refractivity contribution is 0.174. The SMILES string of the molecule is CCNC(=NCc1ccc2c(c1)OCO2)NCCCCn1cnnc1.I. The monoisotopic (exact) mass is 472 g/mol. The van der Waals surface area contributed by atoms with Gasteiger partial charge in [-0.25, -0.2) is 4.99 Å². The Kier molecular flexibility index (Phi) is 8.45. The molecule has 0 unspecified atom stereocenters. The zero-order valence-corrected chi connectivity index (χ0v) is 17.2. The second-order valence-corrected chi connectivity index (χ2v) is 5.72. The van der Waals surface area contributed by atoms with Gasteiger partial charge < -0.3 is 24.7 Å². The van der Waals surface area contributed by atoms with Crippen molar-refractivity contribution in [2.24, 2.45) is 4.99 Å². The third kappa shape index (κ3) is 6.04. The van der Waals surface area contributed by atoms with Crippen molar-refractivity contribution in [3.63, 3.8) is 0 Å². The van der Waals surface area contributed by atoms with Crippen molar-refractivity contribution in [3.8, 4) is 11.5 Å². The summed E-state index contributed by atoms with van der Waals surface area (Å²) in [5.74, 6) is 2.41. The normalized spacial score (nSPS) is 12.6. The van der Waals surface area contributed by atoms with E-state index < -0.39 is 0 Å². The summed E-state index contributed by atoms with van der Waals surface area (Å²) in [6.45, 7) is 5.57. The highest BCUT2D eigenvalue weighted by atomic mass is 127. The first-order valence-electron chi connectivity index (χ1n) is 8.58. The average molecular weight is 472 g/mol. The summed E-state index contributed by atoms with van der Waals surface area (Å²) in [6.07, 6.45) is 5.59. The maximum Gasteiger partial charge on any atom is 0.231 e. The number of hydrogen-bond acceptors (Lipinski definition) is 5. The van der Waals surface area contributed by atoms with Crippen molar-refractivity contribution in [2.45, 2.75) is 32.9 Å². The molecule has 0 atom stereocenters. The topological polar surface area (TPSA) is 85.6 Å². The second-order valence-electron chi connectivity index (χ2n) is 5.72. The number of rotatable bonds is 8. The third-order valence-electron chi connectivity index (χ3n) is 3.80. The number of ether oxygens (including phenoxy) is 2. The molecule has 142 valence electrons. The van der Waals surface area contributed by atoms with Crippen LogP contribution in [0.25, 0.3) is 0 Å². The van der Waals surface area contributed by atoms with Crippen LogP contribution in [0.4, 0.5) is 0 Å². The summed E-state index contributed by atoms with van der Waals surface area (Å²) in [7, 11) is 0. The van der Waals surface area contributed by atoms with E-state index in [1.54, 1.807) is 12.7 Å². The van der Waals surface area contributed by atoms with Crippen LogP contribution in [0.15, 0.2) is 35.8 Å². The maximum absolute atomic E-state index is 5.40. The number of hydrogen-bond donors (Lipinski definition) is 2. The van der Waals surface area contributed by atoms with Gasteiger partial charge in [0, 0.05) is 19.6 Å². The predicted octanol–water partition coefficient (Wildman–Crippen LogP) is 2.16. The summed E-state index contributed by atoms with van der Waals surface area (Å²) in [6, 6.07) is 5.92. The summed E-state index contributed by atoms with van der Waals surface area (Å²) < 4.78 is 12.7. The van der Waals surface area contributed by atoms with E-state index in [0.29, 0.717) is 13.3 Å². The van der Waals surface area contributed by atoms with Crippen molar-refractivity contribution in [1.82, 2.24) is 25.4 Å². The summed E-state index contributed by atoms with van der Waals surface area (Å²) >= 11 is 0. The standard InChI is InChI=1S/C17H24N6O2.HI/c1-2-18-17(19-7-3-4-8-23-11-21-22-12-23)20-10-14-5-6-15-16(9-14)25-13-24-15;/h5-6,9,11-12H,2-4,7-8,10,13H2,1H3,(H2,18,19,20);1H. The van der Waals surface area contributed by atoms with E-state index in [9.17, 15) is 0 Å². The Balaban J connectivity index is 0.00000243. The molecule has 1 aliphatic rings. The van der Waals surface area contributed by atoms with Crippen LogP contribution in [-0.2, 0) is 13.1 Å². The number of aliphatic imine (C=N–C) groups is 1. The highest BCUT2D eigenvalue weighted by Crippen LogP contribution is 2.32. The van der Waals surface area contributed by atoms with Gasteiger partial charge in [0.25, 0.3) is 0 Å². The van der Waals surface area contributed by atoms with Gasteiger partial charge in [0.1, 0.15) is 12.7 Å². The van der Waals surface area contributed by atoms with Gasteiger partial charge in [-0.3, -0.25) is 0 Å². The Hall–Kier alpha value is -2.04. The van der Waals surface area contributed by atoms with Crippen LogP contribution >= 0.6 is 24.0 Å². The van der Waals surface area contributed by atoms with Gasteiger partial charge in [-0.05, 0) is 37.5 Å². The van der Waals surface area contributed by atoms with Gasteiger partial charge in [0.05, 0.1) is 6.54 Å². The fourth-order valence-corrected chi connectivity index (χ4v) is 2.52. The smallest absolute Gasteiger partial charge is 0.231 e. The van der Waals surface area contributed by atoms with E-state index in [4.69, 9.17) is 9.47 Å². The number of guanidine groups is 1. The highest BCUT2D eigenvalue weighted by Gasteiger charge is 2.12. The zero-order chi connectivity index (χ0) is 17.3. The fraction of sp³-hybridized carbons (Fsp3) is 0.471. The van der Waals surface area contributed by atoms with Crippen molar-refractivity contribution < 1.29 is 9.47 Å². The molecule has 0 aliphatic carbocycles. The molecule has 9 heteroatoms. The number of aryl methyl sites for hydroxylation is 1. The number of benzene rings is 1. The number of nitrogens with one attached hydrogen (secondary N) is 2. The molecule has 26 heavy (non-hydrogen) atoms. The first kappa shape index (κ1) is 20.3. The predicted molar refractivity (Wildman–Crippen MR) is 110 cm³/mol. The Bertz CT molecular complexity index is 693. The minimum atomic E-state index is 0. The van der Waals surface area contributed by atoms with Crippen LogP contribution in [0.2, 0.25) is 0 Å². The number of nitrogens with zero attached hydrogens (tertiary/aromatic N) is 4. The Labute approximate surface area is 170 Å². The molecule has 0 fully saturated rings. The largest absolute Gasteiger partial charge is 0.454 e. The van der Waals surface area contributed by atoms with Gasteiger partial charge in [-0.15, -0.1) is 34.2 Å². The van der Waals surface area contributed by atoms with Crippen molar-refractivity contribution in [1.29, 1.82) is 0 Å². The number of halogens is 1. The lowest BCUT2D eigenvalue weighted by atomic mass is 10.2. The minimum Gasteiger partial charge on any atom is -0.454 e. The van der Waals surface area contributed by atoms with Crippen molar-refractivity contribution in [2.75, 3.05) is 19.9 Å². The van der Waals surface area contributed by atoms with Crippen molar-refractivity contribution in [3.05, 3.63) is 36.4 Å². The van der Waals surface area contributed by atoms with Gasteiger partial charge in [0.15, 0.2) is 17.5 Å². The van der Waals surface area contributed by atoms with Crippen molar-refractivity contribution >= 4 is 29.9 Å². The van der Waals surface area contributed by atoms with Gasteiger partial charge in [-0.2, -0.15) is 0 Å². The van der Waals surface area contributed by atoms with Crippen LogP contribution in [-0.4, -0.2) is 40.6 Å². The Morgan fingerprint density at radius 1 is 1.15 bits per heavy atom. The molecule has 1 aliphatic heterocycles. The molecule has 0 spiro atoms. The van der Waals surface area contributed by atoms with Crippen LogP contribution in [0, 0.1) is 0 Å². The third-order valence-corrected chi connectivity index (χ3v) is 3.80. The first-order chi connectivity index (χ1) is 12.3. The number of fused-ring (bicyclic) bond motifs is 1. The molecule has 0 bridgehead atoms. The Morgan fingerprint density at radius 2 is 1.96 bits per heavy atom. The molecule has 0 radical (unpaired) electrons. The lowest BCUT2D eigenvalue weighted by Crippen LogP contribution is -2.37. The zero-order valence-electron chi connectivity index (χ0n) is 14.9. The van der Waals surface area contributed by atoms with E-state index in [-0.39, 0.29) is 24.0 Å². The quantitative estimate of drug-likeness (QED) is 0.265. The number of aromatic nitrogens is 3. The lowest BCUT2D eigenvalue weighted by Gasteiger charge is -2.11. The molecule has 0 saturated heterocycles. The molecule has 2 heterocycles. The molecular weight excluding hydrogens is 447 g/mol. The second kappa shape index (κ2) is 10.8. The van der Waals surface area contributed by atoms with E-state index in [1.165, 1.54) is 0 Å². The molecule has 3 rings (SSSR count). The molecule has 1 aromatic carbocycles. The van der Waals surface area contributed by atoms with Crippen LogP contribution in [0.5, 0.6) is 11.5 Å². The highest BCUT2D eigenvalue weighted by molar-refractivity contribution is 14.0. The van der Waals surface area contributed by atoms with E-state index >= 15 is 0 Å². The number of unbranched alkanes of at least 4 members (excludes halogenated alkanes) is 1. The Morgan fingerprint density at radius 3 is 2.77 bits per heavy atom. The molecule has 8 nitrogen and oxygen atoms in total. The molecule has 2 N–H and O–H groups in total. The summed E-state index contributed by atoms with van der Waals surface area (Å²) in [4.78, 5) is 4.63. The summed E-state index contributed by atoms with van der Waals surface area (Å²) in [5, 5.41) is 14.2. The molecule has 0 saturated carbocycles. The molecular formula is C17H25IN6O2.